The maximum atomic E-state index is 13.2. The van der Waals surface area contributed by atoms with E-state index in [0.717, 1.165) is 37.3 Å². The fraction of sp³-hybridized carbons (Fsp3) is 0.474. The quantitative estimate of drug-likeness (QED) is 0.866. The predicted molar refractivity (Wildman–Crippen MR) is 92.8 cm³/mol. The molecule has 24 heavy (non-hydrogen) atoms. The molecule has 2 aromatic heterocycles. The second kappa shape index (κ2) is 7.18. The number of pyridine rings is 1. The van der Waals surface area contributed by atoms with E-state index in [1.807, 2.05) is 36.9 Å². The second-order valence-corrected chi connectivity index (χ2v) is 6.65. The third-order valence-corrected chi connectivity index (χ3v) is 4.76. The van der Waals surface area contributed by atoms with E-state index in [1.54, 1.807) is 12.4 Å². The molecule has 5 nitrogen and oxygen atoms in total. The van der Waals surface area contributed by atoms with Gasteiger partial charge in [0, 0.05) is 25.0 Å². The van der Waals surface area contributed by atoms with Gasteiger partial charge < -0.3 is 14.2 Å². The highest BCUT2D eigenvalue weighted by molar-refractivity contribution is 5.95. The number of rotatable bonds is 4. The number of likely N-dealkylation sites (tertiary alicyclic amines) is 1. The van der Waals surface area contributed by atoms with Gasteiger partial charge >= 0.3 is 0 Å². The first-order valence-corrected chi connectivity index (χ1v) is 8.50. The van der Waals surface area contributed by atoms with Gasteiger partial charge in [-0.25, -0.2) is 0 Å². The summed E-state index contributed by atoms with van der Waals surface area (Å²) in [5, 5.41) is 0. The van der Waals surface area contributed by atoms with Gasteiger partial charge in [0.15, 0.2) is 0 Å². The molecule has 1 amide bonds. The Balaban J connectivity index is 1.86. The molecule has 1 fully saturated rings. The predicted octanol–water partition coefficient (Wildman–Crippen LogP) is 3.03. The summed E-state index contributed by atoms with van der Waals surface area (Å²) in [6.45, 7) is 6.40. The van der Waals surface area contributed by atoms with Gasteiger partial charge in [0.25, 0.3) is 5.91 Å². The van der Waals surface area contributed by atoms with Gasteiger partial charge in [-0.2, -0.15) is 0 Å². The average molecular weight is 327 g/mol. The van der Waals surface area contributed by atoms with Gasteiger partial charge in [0.05, 0.1) is 5.56 Å². The van der Waals surface area contributed by atoms with E-state index in [9.17, 15) is 4.79 Å². The van der Waals surface area contributed by atoms with E-state index in [2.05, 4.69) is 16.9 Å². The minimum Gasteiger partial charge on any atom is -0.466 e. The van der Waals surface area contributed by atoms with Crippen LogP contribution in [0.4, 0.5) is 0 Å². The molecule has 3 heterocycles. The lowest BCUT2D eigenvalue weighted by Gasteiger charge is -2.37. The summed E-state index contributed by atoms with van der Waals surface area (Å²) >= 11 is 0. The van der Waals surface area contributed by atoms with E-state index in [1.165, 1.54) is 0 Å². The Bertz CT molecular complexity index is 688. The smallest absolute Gasteiger partial charge is 0.257 e. The summed E-state index contributed by atoms with van der Waals surface area (Å²) in [5.41, 5.74) is 1.79. The van der Waals surface area contributed by atoms with Crippen LogP contribution in [0.15, 0.2) is 35.0 Å². The number of carbonyl (C=O) groups is 1. The molecular formula is C19H25N3O2. The monoisotopic (exact) mass is 327 g/mol. The van der Waals surface area contributed by atoms with Gasteiger partial charge in [-0.3, -0.25) is 9.78 Å². The zero-order valence-electron chi connectivity index (χ0n) is 14.7. The minimum atomic E-state index is 0.0655. The molecule has 3 rings (SSSR count). The fourth-order valence-electron chi connectivity index (χ4n) is 3.36. The Labute approximate surface area is 143 Å². The number of amides is 1. The highest BCUT2D eigenvalue weighted by Gasteiger charge is 2.29. The molecule has 0 bridgehead atoms. The van der Waals surface area contributed by atoms with Crippen molar-refractivity contribution in [1.82, 2.24) is 14.8 Å². The largest absolute Gasteiger partial charge is 0.466 e. The number of aryl methyl sites for hydroxylation is 2. The van der Waals surface area contributed by atoms with Crippen molar-refractivity contribution in [3.63, 3.8) is 0 Å². The normalized spacial score (nSPS) is 16.3. The van der Waals surface area contributed by atoms with Crippen LogP contribution in [0.2, 0.25) is 0 Å². The topological polar surface area (TPSA) is 49.6 Å². The highest BCUT2D eigenvalue weighted by Crippen LogP contribution is 2.23. The number of hydrogen-bond donors (Lipinski definition) is 0. The first kappa shape index (κ1) is 16.7. The van der Waals surface area contributed by atoms with Gasteiger partial charge in [0.1, 0.15) is 11.5 Å². The van der Waals surface area contributed by atoms with Crippen molar-refractivity contribution in [3.05, 3.63) is 53.2 Å². The van der Waals surface area contributed by atoms with E-state index in [0.29, 0.717) is 17.9 Å². The first-order valence-electron chi connectivity index (χ1n) is 8.50. The van der Waals surface area contributed by atoms with E-state index in [4.69, 9.17) is 4.42 Å². The lowest BCUT2D eigenvalue weighted by molar-refractivity contribution is 0.0568. The molecule has 0 aromatic carbocycles. The molecule has 5 heteroatoms. The van der Waals surface area contributed by atoms with Crippen LogP contribution in [-0.2, 0) is 6.54 Å². The molecule has 1 aliphatic rings. The molecule has 0 N–H and O–H groups in total. The van der Waals surface area contributed by atoms with Crippen LogP contribution in [0.25, 0.3) is 0 Å². The Morgan fingerprint density at radius 2 is 1.96 bits per heavy atom. The van der Waals surface area contributed by atoms with Gasteiger partial charge in [-0.15, -0.1) is 0 Å². The van der Waals surface area contributed by atoms with Crippen molar-refractivity contribution in [2.75, 3.05) is 20.1 Å². The standard InChI is InChI=1S/C19H25N3O2/c1-14-12-18(15(2)24-14)19(23)22(13-16-4-8-20-9-5-16)17-6-10-21(3)11-7-17/h4-5,8-9,12,17H,6-7,10-11,13H2,1-3H3. The average Bonchev–Trinajstić information content (AvgIpc) is 2.92. The number of piperidine rings is 1. The van der Waals surface area contributed by atoms with Gasteiger partial charge in [-0.05, 0) is 70.6 Å². The lowest BCUT2D eigenvalue weighted by Crippen LogP contribution is -2.46. The summed E-state index contributed by atoms with van der Waals surface area (Å²) < 4.78 is 5.57. The van der Waals surface area contributed by atoms with Crippen molar-refractivity contribution in [1.29, 1.82) is 0 Å². The Morgan fingerprint density at radius 1 is 1.29 bits per heavy atom. The maximum Gasteiger partial charge on any atom is 0.257 e. The molecule has 1 saturated heterocycles. The number of hydrogen-bond acceptors (Lipinski definition) is 4. The number of carbonyl (C=O) groups excluding carboxylic acids is 1. The van der Waals surface area contributed by atoms with Crippen molar-refractivity contribution >= 4 is 5.91 Å². The summed E-state index contributed by atoms with van der Waals surface area (Å²) in [5.74, 6) is 1.55. The van der Waals surface area contributed by atoms with Crippen LogP contribution in [0.1, 0.15) is 40.3 Å². The number of aromatic nitrogens is 1. The number of furan rings is 1. The summed E-state index contributed by atoms with van der Waals surface area (Å²) in [4.78, 5) is 21.6. The molecule has 0 aliphatic carbocycles. The Kier molecular flexibility index (Phi) is 5.00. The molecule has 0 saturated carbocycles. The highest BCUT2D eigenvalue weighted by atomic mass is 16.3. The third kappa shape index (κ3) is 3.67. The zero-order chi connectivity index (χ0) is 17.1. The SMILES string of the molecule is Cc1cc(C(=O)N(Cc2ccncc2)C2CCN(C)CC2)c(C)o1. The maximum absolute atomic E-state index is 13.2. The van der Waals surface area contributed by atoms with Crippen LogP contribution in [0.3, 0.4) is 0 Å². The first-order chi connectivity index (χ1) is 11.5. The fourth-order valence-corrected chi connectivity index (χ4v) is 3.36. The molecule has 128 valence electrons. The van der Waals surface area contributed by atoms with Crippen LogP contribution >= 0.6 is 0 Å². The van der Waals surface area contributed by atoms with E-state index >= 15 is 0 Å². The molecule has 0 unspecified atom stereocenters. The van der Waals surface area contributed by atoms with Gasteiger partial charge in [0.2, 0.25) is 0 Å². The molecular weight excluding hydrogens is 302 g/mol. The van der Waals surface area contributed by atoms with E-state index in [-0.39, 0.29) is 11.9 Å². The Hall–Kier alpha value is -2.14. The van der Waals surface area contributed by atoms with Crippen molar-refractivity contribution in [2.24, 2.45) is 0 Å². The summed E-state index contributed by atoms with van der Waals surface area (Å²) in [6.07, 6.45) is 5.56. The zero-order valence-corrected chi connectivity index (χ0v) is 14.7. The third-order valence-electron chi connectivity index (χ3n) is 4.76. The molecule has 0 atom stereocenters. The van der Waals surface area contributed by atoms with Gasteiger partial charge in [-0.1, -0.05) is 0 Å². The molecule has 0 radical (unpaired) electrons. The van der Waals surface area contributed by atoms with Crippen molar-refractivity contribution in [3.8, 4) is 0 Å². The van der Waals surface area contributed by atoms with Crippen LogP contribution in [-0.4, -0.2) is 46.9 Å². The minimum absolute atomic E-state index is 0.0655. The van der Waals surface area contributed by atoms with Crippen LogP contribution in [0, 0.1) is 13.8 Å². The van der Waals surface area contributed by atoms with Crippen LogP contribution in [0.5, 0.6) is 0 Å². The summed E-state index contributed by atoms with van der Waals surface area (Å²) in [6, 6.07) is 6.06. The van der Waals surface area contributed by atoms with Crippen molar-refractivity contribution < 1.29 is 9.21 Å². The Morgan fingerprint density at radius 3 is 2.54 bits per heavy atom. The summed E-state index contributed by atoms with van der Waals surface area (Å²) in [7, 11) is 2.13. The molecule has 0 spiro atoms. The molecule has 1 aliphatic heterocycles. The lowest BCUT2D eigenvalue weighted by atomic mass is 10.0. The van der Waals surface area contributed by atoms with Crippen LogP contribution < -0.4 is 0 Å². The molecule has 2 aromatic rings. The van der Waals surface area contributed by atoms with E-state index < -0.39 is 0 Å². The number of nitrogens with zero attached hydrogens (tertiary/aromatic N) is 3. The van der Waals surface area contributed by atoms with Crippen molar-refractivity contribution in [2.45, 2.75) is 39.3 Å². The second-order valence-electron chi connectivity index (χ2n) is 6.65.